The van der Waals surface area contributed by atoms with Crippen LogP contribution >= 0.6 is 0 Å². The molecule has 7 nitrogen and oxygen atoms in total. The van der Waals surface area contributed by atoms with Gasteiger partial charge < -0.3 is 4.90 Å². The van der Waals surface area contributed by atoms with E-state index < -0.39 is 10.0 Å². The van der Waals surface area contributed by atoms with E-state index in [0.29, 0.717) is 36.0 Å². The monoisotopic (exact) mass is 401 g/mol. The summed E-state index contributed by atoms with van der Waals surface area (Å²) in [6.07, 6.45) is 9.87. The second kappa shape index (κ2) is 6.84. The first kappa shape index (κ1) is 18.1. The van der Waals surface area contributed by atoms with Crippen LogP contribution in [0.4, 0.5) is 5.82 Å². The Hall–Kier alpha value is -1.93. The summed E-state index contributed by atoms with van der Waals surface area (Å²) >= 11 is 0. The Balaban J connectivity index is 1.35. The minimum absolute atomic E-state index is 0.315. The summed E-state index contributed by atoms with van der Waals surface area (Å²) in [7, 11) is -1.38. The van der Waals surface area contributed by atoms with Crippen molar-refractivity contribution in [1.82, 2.24) is 19.1 Å². The lowest BCUT2D eigenvalue weighted by Gasteiger charge is -2.39. The molecule has 8 heteroatoms. The number of nitrogens with zero attached hydrogens (tertiary/aromatic N) is 5. The molecule has 0 aromatic carbocycles. The number of anilines is 1. The fourth-order valence-electron chi connectivity index (χ4n) is 5.33. The highest BCUT2D eigenvalue weighted by molar-refractivity contribution is 7.89. The van der Waals surface area contributed by atoms with E-state index >= 15 is 0 Å². The number of rotatable bonds is 4. The van der Waals surface area contributed by atoms with Crippen molar-refractivity contribution in [2.45, 2.75) is 61.4 Å². The summed E-state index contributed by atoms with van der Waals surface area (Å²) in [5.41, 5.74) is 1.32. The zero-order valence-electron chi connectivity index (χ0n) is 16.2. The minimum atomic E-state index is -3.40. The highest BCUT2D eigenvalue weighted by Crippen LogP contribution is 2.44. The maximum Gasteiger partial charge on any atom is 0.244 e. The minimum Gasteiger partial charge on any atom is -0.351 e. The van der Waals surface area contributed by atoms with Crippen LogP contribution in [0.2, 0.25) is 0 Å². The highest BCUT2D eigenvalue weighted by atomic mass is 32.2. The van der Waals surface area contributed by atoms with Crippen LogP contribution in [0.1, 0.15) is 50.1 Å². The van der Waals surface area contributed by atoms with E-state index in [1.54, 1.807) is 16.6 Å². The van der Waals surface area contributed by atoms with Gasteiger partial charge in [-0.05, 0) is 56.7 Å². The Bertz CT molecular complexity index is 935. The Morgan fingerprint density at radius 2 is 1.75 bits per heavy atom. The number of hydrogen-bond acceptors (Lipinski definition) is 5. The van der Waals surface area contributed by atoms with Crippen LogP contribution in [0.3, 0.4) is 0 Å². The van der Waals surface area contributed by atoms with Gasteiger partial charge in [-0.25, -0.2) is 13.4 Å². The molecule has 0 amide bonds. The Labute approximate surface area is 166 Å². The van der Waals surface area contributed by atoms with E-state index in [1.165, 1.54) is 18.5 Å². The number of sulfonamides is 1. The standard InChI is InChI=1S/C20H27N5O2S/c1-23-19(8-9-22-23)15-12-16-4-5-17(13-15)25(16)20-7-6-18(14-21-20)28(26,27)24-10-2-3-11-24/h6-9,14-17H,2-5,10-13H2,1H3/t15?,16-,17+. The molecule has 150 valence electrons. The first-order valence-electron chi connectivity index (χ1n) is 10.3. The van der Waals surface area contributed by atoms with Crippen molar-refractivity contribution in [3.8, 4) is 0 Å². The van der Waals surface area contributed by atoms with E-state index in [1.807, 2.05) is 24.0 Å². The zero-order valence-corrected chi connectivity index (χ0v) is 17.1. The average Bonchev–Trinajstić information content (AvgIpc) is 3.42. The van der Waals surface area contributed by atoms with Gasteiger partial charge in [-0.3, -0.25) is 4.68 Å². The van der Waals surface area contributed by atoms with Gasteiger partial charge in [-0.1, -0.05) is 0 Å². The van der Waals surface area contributed by atoms with Crippen LogP contribution < -0.4 is 4.90 Å². The number of piperidine rings is 1. The SMILES string of the molecule is Cn1nccc1C1C[C@H]2CC[C@@H](C1)N2c1ccc(S(=O)(=O)N2CCCC2)cn1. The van der Waals surface area contributed by atoms with Crippen molar-refractivity contribution in [2.24, 2.45) is 7.05 Å². The predicted molar refractivity (Wildman–Crippen MR) is 107 cm³/mol. The summed E-state index contributed by atoms with van der Waals surface area (Å²) in [6.45, 7) is 1.24. The van der Waals surface area contributed by atoms with Gasteiger partial charge in [0.15, 0.2) is 0 Å². The van der Waals surface area contributed by atoms with Crippen molar-refractivity contribution >= 4 is 15.8 Å². The number of aromatic nitrogens is 3. The van der Waals surface area contributed by atoms with Gasteiger partial charge >= 0.3 is 0 Å². The molecule has 28 heavy (non-hydrogen) atoms. The third-order valence-corrected chi connectivity index (χ3v) is 8.58. The van der Waals surface area contributed by atoms with Crippen LogP contribution in [0.15, 0.2) is 35.5 Å². The molecule has 2 aromatic rings. The van der Waals surface area contributed by atoms with Crippen LogP contribution in [-0.2, 0) is 17.1 Å². The summed E-state index contributed by atoms with van der Waals surface area (Å²) in [6, 6.07) is 6.71. The zero-order chi connectivity index (χ0) is 19.3. The molecule has 1 unspecified atom stereocenters. The molecule has 0 aliphatic carbocycles. The summed E-state index contributed by atoms with van der Waals surface area (Å²) in [4.78, 5) is 7.33. The molecule has 3 fully saturated rings. The molecule has 3 aliphatic rings. The summed E-state index contributed by atoms with van der Waals surface area (Å²) in [5.74, 6) is 1.45. The molecule has 3 atom stereocenters. The van der Waals surface area contributed by atoms with Crippen molar-refractivity contribution in [2.75, 3.05) is 18.0 Å². The topological polar surface area (TPSA) is 71.3 Å². The van der Waals surface area contributed by atoms with E-state index in [9.17, 15) is 8.42 Å². The van der Waals surface area contributed by atoms with Crippen LogP contribution in [0, 0.1) is 0 Å². The highest BCUT2D eigenvalue weighted by Gasteiger charge is 2.42. The molecule has 5 heterocycles. The quantitative estimate of drug-likeness (QED) is 0.787. The first-order chi connectivity index (χ1) is 13.5. The van der Waals surface area contributed by atoms with E-state index in [0.717, 1.165) is 31.5 Å². The van der Waals surface area contributed by atoms with E-state index in [-0.39, 0.29) is 0 Å². The molecule has 0 saturated carbocycles. The molecule has 2 bridgehead atoms. The van der Waals surface area contributed by atoms with Crippen LogP contribution in [0.25, 0.3) is 0 Å². The number of hydrogen-bond donors (Lipinski definition) is 0. The molecule has 0 radical (unpaired) electrons. The number of pyridine rings is 1. The normalized spacial score (nSPS) is 28.2. The fourth-order valence-corrected chi connectivity index (χ4v) is 6.80. The van der Waals surface area contributed by atoms with Gasteiger partial charge in [0.25, 0.3) is 0 Å². The van der Waals surface area contributed by atoms with Gasteiger partial charge in [0.1, 0.15) is 10.7 Å². The molecule has 0 spiro atoms. The Morgan fingerprint density at radius 3 is 2.32 bits per heavy atom. The van der Waals surface area contributed by atoms with Crippen molar-refractivity contribution < 1.29 is 8.42 Å². The third kappa shape index (κ3) is 2.93. The van der Waals surface area contributed by atoms with Crippen LogP contribution in [-0.4, -0.2) is 52.7 Å². The van der Waals surface area contributed by atoms with Gasteiger partial charge in [-0.2, -0.15) is 9.40 Å². The maximum absolute atomic E-state index is 12.7. The van der Waals surface area contributed by atoms with Gasteiger partial charge in [0.2, 0.25) is 10.0 Å². The fraction of sp³-hybridized carbons (Fsp3) is 0.600. The largest absolute Gasteiger partial charge is 0.351 e. The van der Waals surface area contributed by atoms with Gasteiger partial charge in [0.05, 0.1) is 0 Å². The number of aryl methyl sites for hydroxylation is 1. The van der Waals surface area contributed by atoms with Crippen molar-refractivity contribution in [3.05, 3.63) is 36.3 Å². The van der Waals surface area contributed by atoms with Crippen LogP contribution in [0.5, 0.6) is 0 Å². The summed E-state index contributed by atoms with van der Waals surface area (Å²) < 4.78 is 29.0. The van der Waals surface area contributed by atoms with Crippen molar-refractivity contribution in [3.63, 3.8) is 0 Å². The average molecular weight is 402 g/mol. The van der Waals surface area contributed by atoms with Gasteiger partial charge in [-0.15, -0.1) is 0 Å². The lowest BCUT2D eigenvalue weighted by atomic mass is 9.88. The molecule has 0 N–H and O–H groups in total. The Morgan fingerprint density at radius 1 is 1.04 bits per heavy atom. The molecule has 3 aliphatic heterocycles. The third-order valence-electron chi connectivity index (χ3n) is 6.70. The smallest absolute Gasteiger partial charge is 0.244 e. The van der Waals surface area contributed by atoms with Gasteiger partial charge in [0, 0.05) is 56.2 Å². The summed E-state index contributed by atoms with van der Waals surface area (Å²) in [5, 5.41) is 4.33. The van der Waals surface area contributed by atoms with E-state index in [2.05, 4.69) is 21.0 Å². The van der Waals surface area contributed by atoms with Crippen molar-refractivity contribution in [1.29, 1.82) is 0 Å². The predicted octanol–water partition coefficient (Wildman–Crippen LogP) is 2.51. The molecular weight excluding hydrogens is 374 g/mol. The second-order valence-corrected chi connectivity index (χ2v) is 10.2. The first-order valence-corrected chi connectivity index (χ1v) is 11.7. The molecular formula is C20H27N5O2S. The Kier molecular flexibility index (Phi) is 4.43. The second-order valence-electron chi connectivity index (χ2n) is 8.30. The molecule has 2 aromatic heterocycles. The lowest BCUT2D eigenvalue weighted by molar-refractivity contribution is 0.398. The lowest BCUT2D eigenvalue weighted by Crippen LogP contribution is -2.43. The van der Waals surface area contributed by atoms with E-state index in [4.69, 9.17) is 0 Å². The number of fused-ring (bicyclic) bond motifs is 2. The molecule has 5 rings (SSSR count). The maximum atomic E-state index is 12.7. The molecule has 3 saturated heterocycles.